The third kappa shape index (κ3) is 5.96. The number of ether oxygens (including phenoxy) is 1. The number of hydrogen-bond donors (Lipinski definition) is 2. The molecule has 0 bridgehead atoms. The number of benzene rings is 2. The first-order valence-electron chi connectivity index (χ1n) is 11.8. The summed E-state index contributed by atoms with van der Waals surface area (Å²) in [5, 5.41) is 13.7. The van der Waals surface area contributed by atoms with Gasteiger partial charge < -0.3 is 15.2 Å². The second-order valence-electron chi connectivity index (χ2n) is 9.31. The zero-order chi connectivity index (χ0) is 24.2. The van der Waals surface area contributed by atoms with Gasteiger partial charge in [0.2, 0.25) is 15.9 Å². The number of amides is 1. The van der Waals surface area contributed by atoms with Gasteiger partial charge in [0.15, 0.2) is 0 Å². The Hall–Kier alpha value is -2.46. The van der Waals surface area contributed by atoms with Crippen LogP contribution in [-0.4, -0.2) is 73.1 Å². The molecule has 0 radical (unpaired) electrons. The van der Waals surface area contributed by atoms with Crippen molar-refractivity contribution in [3.8, 4) is 5.75 Å². The van der Waals surface area contributed by atoms with Gasteiger partial charge in [-0.05, 0) is 62.6 Å². The largest absolute Gasteiger partial charge is 0.487 e. The first-order chi connectivity index (χ1) is 16.2. The number of anilines is 1. The van der Waals surface area contributed by atoms with Crippen molar-refractivity contribution in [1.82, 2.24) is 9.21 Å². The van der Waals surface area contributed by atoms with Gasteiger partial charge in [0, 0.05) is 31.9 Å². The van der Waals surface area contributed by atoms with Crippen molar-refractivity contribution >= 4 is 21.6 Å². The van der Waals surface area contributed by atoms with E-state index in [1.54, 1.807) is 19.1 Å². The predicted octanol–water partition coefficient (Wildman–Crippen LogP) is 2.70. The van der Waals surface area contributed by atoms with Crippen molar-refractivity contribution in [2.24, 2.45) is 0 Å². The van der Waals surface area contributed by atoms with Gasteiger partial charge in [0.1, 0.15) is 17.5 Å². The molecule has 2 aliphatic heterocycles. The fraction of sp³-hybridized carbons (Fsp3) is 0.480. The number of carbonyl (C=O) groups excluding carboxylic acids is 1. The molecule has 2 aromatic rings. The van der Waals surface area contributed by atoms with E-state index in [0.29, 0.717) is 44.0 Å². The zero-order valence-corrected chi connectivity index (χ0v) is 20.3. The monoisotopic (exact) mass is 487 g/mol. The molecule has 2 atom stereocenters. The molecule has 2 heterocycles. The Morgan fingerprint density at radius 3 is 2.38 bits per heavy atom. The normalized spacial score (nSPS) is 24.5. The highest BCUT2D eigenvalue weighted by molar-refractivity contribution is 7.89. The fourth-order valence-corrected chi connectivity index (χ4v) is 6.11. The van der Waals surface area contributed by atoms with E-state index in [9.17, 15) is 18.3 Å². The second kappa shape index (κ2) is 10.4. The third-order valence-electron chi connectivity index (χ3n) is 6.42. The van der Waals surface area contributed by atoms with Gasteiger partial charge in [-0.15, -0.1) is 0 Å². The van der Waals surface area contributed by atoms with Crippen LogP contribution >= 0.6 is 0 Å². The van der Waals surface area contributed by atoms with Crippen molar-refractivity contribution in [2.45, 2.75) is 49.2 Å². The number of nitrogens with zero attached hydrogens (tertiary/aromatic N) is 2. The summed E-state index contributed by atoms with van der Waals surface area (Å²) in [6.07, 6.45) is 3.07. The molecule has 2 aliphatic rings. The summed E-state index contributed by atoms with van der Waals surface area (Å²) in [6.45, 7) is 3.89. The minimum absolute atomic E-state index is 0.127. The molecule has 9 heteroatoms. The Morgan fingerprint density at radius 1 is 1.06 bits per heavy atom. The Balaban J connectivity index is 1.30. The van der Waals surface area contributed by atoms with Crippen LogP contribution in [0.3, 0.4) is 0 Å². The standard InChI is InChI=1S/C25H33N3O5S/c1-25(30)19-27(17-14-23(25)33-21-8-4-2-5-9-21)18-24(29)26-20-10-12-22(13-11-20)34(31,32)28-15-6-3-7-16-28/h2,4-5,8-13,23,30H,3,6-7,14-19H2,1H3,(H,26,29)/t23-,25-/m0/s1. The molecule has 0 unspecified atom stereocenters. The summed E-state index contributed by atoms with van der Waals surface area (Å²) in [7, 11) is -3.50. The average molecular weight is 488 g/mol. The van der Waals surface area contributed by atoms with Gasteiger partial charge in [-0.3, -0.25) is 9.69 Å². The van der Waals surface area contributed by atoms with E-state index in [2.05, 4.69) is 5.32 Å². The van der Waals surface area contributed by atoms with Crippen LogP contribution in [-0.2, 0) is 14.8 Å². The second-order valence-corrected chi connectivity index (χ2v) is 11.3. The molecule has 8 nitrogen and oxygen atoms in total. The van der Waals surface area contributed by atoms with E-state index in [1.807, 2.05) is 35.2 Å². The number of carbonyl (C=O) groups is 1. The minimum atomic E-state index is -3.50. The van der Waals surface area contributed by atoms with Crippen molar-refractivity contribution in [1.29, 1.82) is 0 Å². The minimum Gasteiger partial charge on any atom is -0.487 e. The highest BCUT2D eigenvalue weighted by atomic mass is 32.2. The highest BCUT2D eigenvalue weighted by Crippen LogP contribution is 2.26. The average Bonchev–Trinajstić information content (AvgIpc) is 2.82. The van der Waals surface area contributed by atoms with Gasteiger partial charge >= 0.3 is 0 Å². The first kappa shape index (κ1) is 24.7. The first-order valence-corrected chi connectivity index (χ1v) is 13.2. The van der Waals surface area contributed by atoms with Crippen LogP contribution in [0, 0.1) is 0 Å². The smallest absolute Gasteiger partial charge is 0.243 e. The molecule has 0 spiro atoms. The van der Waals surface area contributed by atoms with Crippen LogP contribution in [0.25, 0.3) is 0 Å². The molecule has 184 valence electrons. The Kier molecular flexibility index (Phi) is 7.57. The molecule has 2 saturated heterocycles. The summed E-state index contributed by atoms with van der Waals surface area (Å²) >= 11 is 0. The Labute approximate surface area is 201 Å². The van der Waals surface area contributed by atoms with E-state index in [1.165, 1.54) is 16.4 Å². The summed E-state index contributed by atoms with van der Waals surface area (Å²) in [4.78, 5) is 14.7. The Bertz CT molecular complexity index is 1070. The van der Waals surface area contributed by atoms with Crippen molar-refractivity contribution in [2.75, 3.05) is 38.0 Å². The molecule has 2 aromatic carbocycles. The van der Waals surface area contributed by atoms with E-state index in [0.717, 1.165) is 19.3 Å². The number of piperidine rings is 2. The van der Waals surface area contributed by atoms with Crippen molar-refractivity contribution in [3.05, 3.63) is 54.6 Å². The molecule has 0 saturated carbocycles. The maximum Gasteiger partial charge on any atom is 0.243 e. The maximum absolute atomic E-state index is 12.8. The number of likely N-dealkylation sites (tertiary alicyclic amines) is 1. The topological polar surface area (TPSA) is 99.2 Å². The molecule has 0 aromatic heterocycles. The highest BCUT2D eigenvalue weighted by Gasteiger charge is 2.40. The number of sulfonamides is 1. The Morgan fingerprint density at radius 2 is 1.74 bits per heavy atom. The quantitative estimate of drug-likeness (QED) is 0.623. The number of β-amino-alcohol motifs (C(OH)–C–C–N with tert-alkyl or cyclic N) is 1. The van der Waals surface area contributed by atoms with Gasteiger partial charge in [0.05, 0.1) is 11.4 Å². The summed E-state index contributed by atoms with van der Waals surface area (Å²) in [6, 6.07) is 15.7. The molecule has 2 fully saturated rings. The van der Waals surface area contributed by atoms with E-state index < -0.39 is 15.6 Å². The van der Waals surface area contributed by atoms with Gasteiger partial charge in [-0.2, -0.15) is 4.31 Å². The summed E-state index contributed by atoms with van der Waals surface area (Å²) < 4.78 is 33.1. The lowest BCUT2D eigenvalue weighted by Crippen LogP contribution is -2.58. The number of para-hydroxylation sites is 1. The zero-order valence-electron chi connectivity index (χ0n) is 19.5. The lowest BCUT2D eigenvalue weighted by molar-refractivity contribution is -0.123. The van der Waals surface area contributed by atoms with Crippen LogP contribution in [0.4, 0.5) is 5.69 Å². The number of aliphatic hydroxyl groups is 1. The lowest BCUT2D eigenvalue weighted by atomic mass is 9.91. The molecule has 0 aliphatic carbocycles. The SMILES string of the molecule is C[C@]1(O)CN(CC(=O)Nc2ccc(S(=O)(=O)N3CCCCC3)cc2)CC[C@@H]1Oc1ccccc1. The number of hydrogen-bond acceptors (Lipinski definition) is 6. The van der Waals surface area contributed by atoms with E-state index in [-0.39, 0.29) is 23.5 Å². The molecule has 4 rings (SSSR count). The summed E-state index contributed by atoms with van der Waals surface area (Å²) in [5.41, 5.74) is -0.560. The maximum atomic E-state index is 12.8. The van der Waals surface area contributed by atoms with Crippen LogP contribution in [0.5, 0.6) is 5.75 Å². The van der Waals surface area contributed by atoms with Crippen LogP contribution < -0.4 is 10.1 Å². The fourth-order valence-electron chi connectivity index (χ4n) is 4.60. The van der Waals surface area contributed by atoms with Gasteiger partial charge in [-0.1, -0.05) is 24.6 Å². The van der Waals surface area contributed by atoms with Gasteiger partial charge in [-0.25, -0.2) is 8.42 Å². The molecular formula is C25H33N3O5S. The van der Waals surface area contributed by atoms with Crippen LogP contribution in [0.15, 0.2) is 59.5 Å². The van der Waals surface area contributed by atoms with Gasteiger partial charge in [0.25, 0.3) is 0 Å². The predicted molar refractivity (Wildman–Crippen MR) is 130 cm³/mol. The lowest BCUT2D eigenvalue weighted by Gasteiger charge is -2.42. The van der Waals surface area contributed by atoms with Crippen LogP contribution in [0.2, 0.25) is 0 Å². The number of rotatable bonds is 7. The van der Waals surface area contributed by atoms with E-state index >= 15 is 0 Å². The van der Waals surface area contributed by atoms with Crippen LogP contribution in [0.1, 0.15) is 32.6 Å². The van der Waals surface area contributed by atoms with Crippen molar-refractivity contribution in [3.63, 3.8) is 0 Å². The molecule has 1 amide bonds. The van der Waals surface area contributed by atoms with E-state index in [4.69, 9.17) is 4.74 Å². The summed E-state index contributed by atoms with van der Waals surface area (Å²) in [5.74, 6) is 0.495. The van der Waals surface area contributed by atoms with Crippen molar-refractivity contribution < 1.29 is 23.1 Å². The third-order valence-corrected chi connectivity index (χ3v) is 8.34. The molecular weight excluding hydrogens is 454 g/mol. The molecule has 2 N–H and O–H groups in total. The number of nitrogens with one attached hydrogen (secondary N) is 1. The molecule has 34 heavy (non-hydrogen) atoms.